The SMILES string of the molecule is COc1cc(-c2cc(C(=O)O)on2)c(Cl)c2cc(C)oc12. The van der Waals surface area contributed by atoms with E-state index in [0.717, 1.165) is 0 Å². The summed E-state index contributed by atoms with van der Waals surface area (Å²) in [6.07, 6.45) is 0. The number of carboxylic acids is 1. The molecule has 2 heterocycles. The van der Waals surface area contributed by atoms with Crippen molar-refractivity contribution in [1.82, 2.24) is 5.16 Å². The number of aromatic carboxylic acids is 1. The Hall–Kier alpha value is -2.47. The normalized spacial score (nSPS) is 11.0. The second kappa shape index (κ2) is 4.82. The Bertz CT molecular complexity index is 849. The molecular formula is C14H10ClNO5. The van der Waals surface area contributed by atoms with Crippen molar-refractivity contribution in [3.05, 3.63) is 34.7 Å². The molecule has 0 aliphatic rings. The van der Waals surface area contributed by atoms with Gasteiger partial charge in [0.15, 0.2) is 11.3 Å². The van der Waals surface area contributed by atoms with E-state index in [4.69, 9.17) is 30.4 Å². The Kier molecular flexibility index (Phi) is 3.10. The smallest absolute Gasteiger partial charge is 0.374 e. The number of ether oxygens (including phenoxy) is 1. The molecule has 0 saturated heterocycles. The Morgan fingerprint density at radius 1 is 1.38 bits per heavy atom. The van der Waals surface area contributed by atoms with Crippen LogP contribution in [0.1, 0.15) is 16.3 Å². The number of aromatic nitrogens is 1. The van der Waals surface area contributed by atoms with Crippen molar-refractivity contribution in [1.29, 1.82) is 0 Å². The van der Waals surface area contributed by atoms with E-state index in [0.29, 0.717) is 38.8 Å². The molecule has 0 saturated carbocycles. The lowest BCUT2D eigenvalue weighted by atomic mass is 10.1. The molecule has 3 rings (SSSR count). The van der Waals surface area contributed by atoms with E-state index in [1.807, 2.05) is 0 Å². The third-order valence-corrected chi connectivity index (χ3v) is 3.45. The highest BCUT2D eigenvalue weighted by Crippen LogP contribution is 2.41. The lowest BCUT2D eigenvalue weighted by molar-refractivity contribution is 0.0652. The second-order valence-corrected chi connectivity index (χ2v) is 4.80. The van der Waals surface area contributed by atoms with Gasteiger partial charge in [0.2, 0.25) is 5.76 Å². The molecular weight excluding hydrogens is 298 g/mol. The van der Waals surface area contributed by atoms with Crippen LogP contribution in [0.25, 0.3) is 22.2 Å². The third kappa shape index (κ3) is 2.13. The molecule has 0 spiro atoms. The van der Waals surface area contributed by atoms with Crippen LogP contribution in [0, 0.1) is 6.92 Å². The highest BCUT2D eigenvalue weighted by molar-refractivity contribution is 6.38. The molecule has 3 aromatic rings. The van der Waals surface area contributed by atoms with Crippen molar-refractivity contribution in [2.75, 3.05) is 7.11 Å². The minimum Gasteiger partial charge on any atom is -0.493 e. The van der Waals surface area contributed by atoms with E-state index in [2.05, 4.69) is 5.16 Å². The van der Waals surface area contributed by atoms with Crippen LogP contribution < -0.4 is 4.74 Å². The molecule has 0 bridgehead atoms. The third-order valence-electron chi connectivity index (χ3n) is 3.04. The molecule has 1 N–H and O–H groups in total. The van der Waals surface area contributed by atoms with Gasteiger partial charge in [-0.15, -0.1) is 0 Å². The molecule has 0 aliphatic carbocycles. The molecule has 108 valence electrons. The van der Waals surface area contributed by atoms with Gasteiger partial charge in [-0.25, -0.2) is 4.79 Å². The number of aryl methyl sites for hydroxylation is 1. The molecule has 0 fully saturated rings. The Morgan fingerprint density at radius 3 is 2.76 bits per heavy atom. The predicted octanol–water partition coefficient (Wildman–Crippen LogP) is 3.76. The van der Waals surface area contributed by atoms with Gasteiger partial charge in [-0.05, 0) is 19.1 Å². The number of hydrogen-bond acceptors (Lipinski definition) is 5. The largest absolute Gasteiger partial charge is 0.493 e. The van der Waals surface area contributed by atoms with Crippen LogP contribution in [0.4, 0.5) is 0 Å². The fourth-order valence-corrected chi connectivity index (χ4v) is 2.40. The standard InChI is InChI=1S/C14H10ClNO5/c1-6-3-8-12(15)7(4-10(19-2)13(8)20-6)9-5-11(14(17)18)21-16-9/h3-5H,1-2H3,(H,17,18). The van der Waals surface area contributed by atoms with E-state index in [1.165, 1.54) is 13.2 Å². The van der Waals surface area contributed by atoms with Gasteiger partial charge >= 0.3 is 5.97 Å². The van der Waals surface area contributed by atoms with Crippen molar-refractivity contribution in [2.24, 2.45) is 0 Å². The Balaban J connectivity index is 2.26. The molecule has 0 radical (unpaired) electrons. The Labute approximate surface area is 123 Å². The molecule has 21 heavy (non-hydrogen) atoms. The van der Waals surface area contributed by atoms with Gasteiger partial charge in [0.1, 0.15) is 11.5 Å². The number of carboxylic acid groups (broad SMARTS) is 1. The maximum atomic E-state index is 10.9. The van der Waals surface area contributed by atoms with Gasteiger partial charge in [-0.3, -0.25) is 0 Å². The van der Waals surface area contributed by atoms with E-state index < -0.39 is 5.97 Å². The van der Waals surface area contributed by atoms with E-state index >= 15 is 0 Å². The molecule has 7 heteroatoms. The van der Waals surface area contributed by atoms with Gasteiger partial charge in [0, 0.05) is 17.0 Å². The van der Waals surface area contributed by atoms with Crippen LogP contribution in [-0.2, 0) is 0 Å². The first-order chi connectivity index (χ1) is 10.0. The molecule has 6 nitrogen and oxygen atoms in total. The number of benzene rings is 1. The fourth-order valence-electron chi connectivity index (χ4n) is 2.11. The summed E-state index contributed by atoms with van der Waals surface area (Å²) < 4.78 is 15.6. The summed E-state index contributed by atoms with van der Waals surface area (Å²) in [5.41, 5.74) is 1.36. The van der Waals surface area contributed by atoms with Crippen LogP contribution in [0.3, 0.4) is 0 Å². The summed E-state index contributed by atoms with van der Waals surface area (Å²) in [7, 11) is 1.51. The Morgan fingerprint density at radius 2 is 2.14 bits per heavy atom. The van der Waals surface area contributed by atoms with Crippen LogP contribution in [-0.4, -0.2) is 23.3 Å². The highest BCUT2D eigenvalue weighted by Gasteiger charge is 2.20. The quantitative estimate of drug-likeness (QED) is 0.793. The van der Waals surface area contributed by atoms with Crippen molar-refractivity contribution in [3.63, 3.8) is 0 Å². The summed E-state index contributed by atoms with van der Waals surface area (Å²) in [6, 6.07) is 4.72. The molecule has 0 atom stereocenters. The minimum atomic E-state index is -1.20. The van der Waals surface area contributed by atoms with E-state index in [-0.39, 0.29) is 5.76 Å². The average molecular weight is 308 g/mol. The maximum Gasteiger partial charge on any atom is 0.374 e. The number of hydrogen-bond donors (Lipinski definition) is 1. The summed E-state index contributed by atoms with van der Waals surface area (Å²) in [6.45, 7) is 1.80. The molecule has 1 aromatic carbocycles. The fraction of sp³-hybridized carbons (Fsp3) is 0.143. The number of furan rings is 1. The minimum absolute atomic E-state index is 0.261. The molecule has 2 aromatic heterocycles. The van der Waals surface area contributed by atoms with Crippen molar-refractivity contribution < 1.29 is 23.6 Å². The first-order valence-corrected chi connectivity index (χ1v) is 6.36. The number of carbonyl (C=O) groups is 1. The van der Waals surface area contributed by atoms with Gasteiger partial charge in [-0.2, -0.15) is 0 Å². The zero-order valence-corrected chi connectivity index (χ0v) is 11.9. The first-order valence-electron chi connectivity index (χ1n) is 5.98. The number of rotatable bonds is 3. The maximum absolute atomic E-state index is 10.9. The zero-order valence-electron chi connectivity index (χ0n) is 11.1. The lowest BCUT2D eigenvalue weighted by Crippen LogP contribution is -1.91. The summed E-state index contributed by atoms with van der Waals surface area (Å²) in [5.74, 6) is -0.285. The zero-order chi connectivity index (χ0) is 15.1. The lowest BCUT2D eigenvalue weighted by Gasteiger charge is -2.06. The number of fused-ring (bicyclic) bond motifs is 1. The number of methoxy groups -OCH3 is 1. The summed E-state index contributed by atoms with van der Waals surface area (Å²) in [5, 5.41) is 13.7. The average Bonchev–Trinajstić information content (AvgIpc) is 3.06. The van der Waals surface area contributed by atoms with Crippen LogP contribution >= 0.6 is 11.6 Å². The highest BCUT2D eigenvalue weighted by atomic mass is 35.5. The second-order valence-electron chi connectivity index (χ2n) is 4.42. The summed E-state index contributed by atoms with van der Waals surface area (Å²) in [4.78, 5) is 10.9. The molecule has 0 aliphatic heterocycles. The van der Waals surface area contributed by atoms with Crippen molar-refractivity contribution in [3.8, 4) is 17.0 Å². The topological polar surface area (TPSA) is 85.7 Å². The van der Waals surface area contributed by atoms with Gasteiger partial charge in [0.05, 0.1) is 12.1 Å². The van der Waals surface area contributed by atoms with Crippen LogP contribution in [0.5, 0.6) is 5.75 Å². The first kappa shape index (κ1) is 13.5. The van der Waals surface area contributed by atoms with Crippen molar-refractivity contribution in [2.45, 2.75) is 6.92 Å². The van der Waals surface area contributed by atoms with Crippen LogP contribution in [0.2, 0.25) is 5.02 Å². The molecule has 0 unspecified atom stereocenters. The summed E-state index contributed by atoms with van der Waals surface area (Å²) >= 11 is 6.36. The van der Waals surface area contributed by atoms with E-state index in [1.54, 1.807) is 19.1 Å². The monoisotopic (exact) mass is 307 g/mol. The van der Waals surface area contributed by atoms with Gasteiger partial charge in [-0.1, -0.05) is 16.8 Å². The van der Waals surface area contributed by atoms with Crippen molar-refractivity contribution >= 4 is 28.5 Å². The van der Waals surface area contributed by atoms with Crippen LogP contribution in [0.15, 0.2) is 27.1 Å². The predicted molar refractivity (Wildman–Crippen MR) is 75.0 cm³/mol. The molecule has 0 amide bonds. The number of nitrogens with zero attached hydrogens (tertiary/aromatic N) is 1. The number of halogens is 1. The van der Waals surface area contributed by atoms with E-state index in [9.17, 15) is 4.79 Å². The van der Waals surface area contributed by atoms with Gasteiger partial charge < -0.3 is 18.8 Å². The van der Waals surface area contributed by atoms with Gasteiger partial charge in [0.25, 0.3) is 0 Å².